The van der Waals surface area contributed by atoms with Gasteiger partial charge in [0, 0.05) is 24.5 Å². The number of carbonyl (C=O) groups is 1. The Morgan fingerprint density at radius 2 is 1.94 bits per heavy atom. The summed E-state index contributed by atoms with van der Waals surface area (Å²) in [6.07, 6.45) is 0. The van der Waals surface area contributed by atoms with Crippen molar-refractivity contribution in [1.29, 1.82) is 0 Å². The van der Waals surface area contributed by atoms with Crippen molar-refractivity contribution in [2.24, 2.45) is 0 Å². The lowest BCUT2D eigenvalue weighted by atomic mass is 10.1. The molecule has 0 N–H and O–H groups in total. The predicted octanol–water partition coefficient (Wildman–Crippen LogP) is 2.91. The summed E-state index contributed by atoms with van der Waals surface area (Å²) in [7, 11) is 0. The van der Waals surface area contributed by atoms with Crippen LogP contribution in [0.15, 0.2) is 4.42 Å². The minimum Gasteiger partial charge on any atom is -0.466 e. The van der Waals surface area contributed by atoms with E-state index in [0.29, 0.717) is 30.3 Å². The second kappa shape index (κ2) is 5.39. The standard InChI is InChI=1S/C12H18ClNO2/c1-5-14(7-6-13)12(15)11-8(2)9(3)16-10(11)4/h5-7H2,1-4H3. The Labute approximate surface area is 101 Å². The van der Waals surface area contributed by atoms with Gasteiger partial charge in [0.25, 0.3) is 5.91 Å². The number of alkyl halides is 1. The number of nitrogens with zero attached hydrogens (tertiary/aromatic N) is 1. The molecule has 0 aliphatic heterocycles. The van der Waals surface area contributed by atoms with E-state index in [1.165, 1.54) is 0 Å². The highest BCUT2D eigenvalue weighted by Gasteiger charge is 2.22. The molecule has 0 bridgehead atoms. The van der Waals surface area contributed by atoms with Crippen LogP contribution in [-0.2, 0) is 0 Å². The molecule has 0 aromatic carbocycles. The van der Waals surface area contributed by atoms with Gasteiger partial charge in [0.15, 0.2) is 0 Å². The van der Waals surface area contributed by atoms with Crippen molar-refractivity contribution in [3.05, 3.63) is 22.6 Å². The second-order valence-electron chi connectivity index (χ2n) is 3.79. The van der Waals surface area contributed by atoms with E-state index < -0.39 is 0 Å². The Bertz CT molecular complexity index is 385. The first-order valence-electron chi connectivity index (χ1n) is 5.44. The highest BCUT2D eigenvalue weighted by molar-refractivity contribution is 6.18. The minimum atomic E-state index is 0.00926. The average Bonchev–Trinajstić information content (AvgIpc) is 2.49. The number of amides is 1. The van der Waals surface area contributed by atoms with Gasteiger partial charge in [-0.05, 0) is 27.7 Å². The summed E-state index contributed by atoms with van der Waals surface area (Å²) in [5.41, 5.74) is 1.61. The van der Waals surface area contributed by atoms with Crippen LogP contribution in [-0.4, -0.2) is 29.8 Å². The second-order valence-corrected chi connectivity index (χ2v) is 4.17. The molecule has 3 nitrogen and oxygen atoms in total. The van der Waals surface area contributed by atoms with Crippen molar-refractivity contribution in [2.75, 3.05) is 19.0 Å². The van der Waals surface area contributed by atoms with Crippen molar-refractivity contribution in [3.8, 4) is 0 Å². The Balaban J connectivity index is 3.03. The number of furan rings is 1. The van der Waals surface area contributed by atoms with Crippen LogP contribution in [0.1, 0.15) is 34.4 Å². The van der Waals surface area contributed by atoms with Gasteiger partial charge in [-0.25, -0.2) is 0 Å². The molecule has 0 spiro atoms. The van der Waals surface area contributed by atoms with Gasteiger partial charge in [-0.1, -0.05) is 0 Å². The lowest BCUT2D eigenvalue weighted by molar-refractivity contribution is 0.0771. The molecule has 0 unspecified atom stereocenters. The minimum absolute atomic E-state index is 0.00926. The van der Waals surface area contributed by atoms with Crippen LogP contribution in [0.5, 0.6) is 0 Å². The molecule has 0 radical (unpaired) electrons. The lowest BCUT2D eigenvalue weighted by Gasteiger charge is -2.19. The maximum atomic E-state index is 12.2. The molecule has 0 saturated heterocycles. The molecule has 4 heteroatoms. The monoisotopic (exact) mass is 243 g/mol. The molecule has 16 heavy (non-hydrogen) atoms. The van der Waals surface area contributed by atoms with Crippen LogP contribution in [0.4, 0.5) is 0 Å². The van der Waals surface area contributed by atoms with Crippen molar-refractivity contribution >= 4 is 17.5 Å². The van der Waals surface area contributed by atoms with E-state index in [0.717, 1.165) is 11.3 Å². The van der Waals surface area contributed by atoms with Crippen molar-refractivity contribution in [2.45, 2.75) is 27.7 Å². The van der Waals surface area contributed by atoms with Crippen molar-refractivity contribution in [1.82, 2.24) is 4.90 Å². The zero-order chi connectivity index (χ0) is 12.3. The summed E-state index contributed by atoms with van der Waals surface area (Å²) in [6, 6.07) is 0. The summed E-state index contributed by atoms with van der Waals surface area (Å²) in [5, 5.41) is 0. The highest BCUT2D eigenvalue weighted by atomic mass is 35.5. The van der Waals surface area contributed by atoms with E-state index in [1.807, 2.05) is 27.7 Å². The molecule has 0 aliphatic rings. The van der Waals surface area contributed by atoms with Crippen LogP contribution in [0.2, 0.25) is 0 Å². The van der Waals surface area contributed by atoms with Crippen LogP contribution in [0.3, 0.4) is 0 Å². The SMILES string of the molecule is CCN(CCCl)C(=O)c1c(C)oc(C)c1C. The topological polar surface area (TPSA) is 33.5 Å². The average molecular weight is 244 g/mol. The van der Waals surface area contributed by atoms with Crippen LogP contribution in [0, 0.1) is 20.8 Å². The molecule has 90 valence electrons. The first kappa shape index (κ1) is 13.1. The van der Waals surface area contributed by atoms with Crippen LogP contribution in [0.25, 0.3) is 0 Å². The molecule has 0 fully saturated rings. The fraction of sp³-hybridized carbons (Fsp3) is 0.583. The molecule has 1 amide bonds. The summed E-state index contributed by atoms with van der Waals surface area (Å²) < 4.78 is 5.46. The molecule has 1 rings (SSSR count). The Hall–Kier alpha value is -0.960. The number of carbonyl (C=O) groups excluding carboxylic acids is 1. The third kappa shape index (κ3) is 2.40. The Morgan fingerprint density at radius 3 is 2.31 bits per heavy atom. The normalized spacial score (nSPS) is 10.6. The number of hydrogen-bond acceptors (Lipinski definition) is 2. The van der Waals surface area contributed by atoms with Gasteiger partial charge in [-0.2, -0.15) is 0 Å². The summed E-state index contributed by atoms with van der Waals surface area (Å²) >= 11 is 5.67. The lowest BCUT2D eigenvalue weighted by Crippen LogP contribution is -2.33. The van der Waals surface area contributed by atoms with Crippen molar-refractivity contribution in [3.63, 3.8) is 0 Å². The Morgan fingerprint density at radius 1 is 1.31 bits per heavy atom. The molecular weight excluding hydrogens is 226 g/mol. The largest absolute Gasteiger partial charge is 0.466 e. The molecular formula is C12H18ClNO2. The van der Waals surface area contributed by atoms with E-state index in [-0.39, 0.29) is 5.91 Å². The molecule has 1 aromatic heterocycles. The molecule has 0 atom stereocenters. The summed E-state index contributed by atoms with van der Waals surface area (Å²) in [5.74, 6) is 1.96. The third-order valence-electron chi connectivity index (χ3n) is 2.80. The first-order chi connectivity index (χ1) is 7.52. The molecule has 1 heterocycles. The number of rotatable bonds is 4. The van der Waals surface area contributed by atoms with Gasteiger partial charge in [0.05, 0.1) is 5.56 Å². The predicted molar refractivity (Wildman–Crippen MR) is 65.2 cm³/mol. The van der Waals surface area contributed by atoms with E-state index in [2.05, 4.69) is 0 Å². The van der Waals surface area contributed by atoms with Gasteiger partial charge in [-0.15, -0.1) is 11.6 Å². The Kier molecular flexibility index (Phi) is 4.42. The van der Waals surface area contributed by atoms with Gasteiger partial charge in [0.2, 0.25) is 0 Å². The number of hydrogen-bond donors (Lipinski definition) is 0. The third-order valence-corrected chi connectivity index (χ3v) is 2.97. The highest BCUT2D eigenvalue weighted by Crippen LogP contribution is 2.22. The van der Waals surface area contributed by atoms with Crippen molar-refractivity contribution < 1.29 is 9.21 Å². The first-order valence-corrected chi connectivity index (χ1v) is 5.98. The van der Waals surface area contributed by atoms with E-state index >= 15 is 0 Å². The van der Waals surface area contributed by atoms with E-state index in [9.17, 15) is 4.79 Å². The number of aryl methyl sites for hydroxylation is 2. The fourth-order valence-electron chi connectivity index (χ4n) is 1.77. The van der Waals surface area contributed by atoms with Gasteiger partial charge < -0.3 is 9.32 Å². The molecule has 1 aromatic rings. The fourth-order valence-corrected chi connectivity index (χ4v) is 1.98. The van der Waals surface area contributed by atoms with E-state index in [1.54, 1.807) is 4.90 Å². The molecule has 0 saturated carbocycles. The van der Waals surface area contributed by atoms with E-state index in [4.69, 9.17) is 16.0 Å². The summed E-state index contributed by atoms with van der Waals surface area (Å²) in [6.45, 7) is 8.78. The zero-order valence-corrected chi connectivity index (χ0v) is 11.0. The van der Waals surface area contributed by atoms with Gasteiger partial charge >= 0.3 is 0 Å². The van der Waals surface area contributed by atoms with Gasteiger partial charge in [-0.3, -0.25) is 4.79 Å². The van der Waals surface area contributed by atoms with Crippen LogP contribution < -0.4 is 0 Å². The maximum Gasteiger partial charge on any atom is 0.257 e. The molecule has 0 aliphatic carbocycles. The quantitative estimate of drug-likeness (QED) is 0.762. The van der Waals surface area contributed by atoms with Crippen LogP contribution >= 0.6 is 11.6 Å². The number of halogens is 1. The van der Waals surface area contributed by atoms with Gasteiger partial charge in [0.1, 0.15) is 11.5 Å². The maximum absolute atomic E-state index is 12.2. The zero-order valence-electron chi connectivity index (χ0n) is 10.3. The summed E-state index contributed by atoms with van der Waals surface area (Å²) in [4.78, 5) is 14.0. The smallest absolute Gasteiger partial charge is 0.257 e.